The highest BCUT2D eigenvalue weighted by molar-refractivity contribution is 6.34. The zero-order valence-electron chi connectivity index (χ0n) is 13.8. The van der Waals surface area contributed by atoms with Crippen molar-refractivity contribution < 1.29 is 23.9 Å². The summed E-state index contributed by atoms with van der Waals surface area (Å²) in [5.41, 5.74) is 2.10. The predicted octanol–water partition coefficient (Wildman–Crippen LogP) is 2.30. The largest absolute Gasteiger partial charge is 0.635 e. The molecule has 1 heterocycles. The van der Waals surface area contributed by atoms with Gasteiger partial charge in [-0.1, -0.05) is 54.1 Å². The molecule has 0 unspecified atom stereocenters. The van der Waals surface area contributed by atoms with E-state index in [2.05, 4.69) is 5.32 Å². The van der Waals surface area contributed by atoms with Gasteiger partial charge in [-0.3, -0.25) is 4.79 Å². The fourth-order valence-corrected chi connectivity index (χ4v) is 2.94. The van der Waals surface area contributed by atoms with Crippen molar-refractivity contribution in [3.8, 4) is 0 Å². The van der Waals surface area contributed by atoms with Crippen LogP contribution in [0.15, 0.2) is 59.2 Å². The van der Waals surface area contributed by atoms with Crippen LogP contribution in [0.3, 0.4) is 0 Å². The van der Waals surface area contributed by atoms with Gasteiger partial charge in [0.05, 0.1) is 17.7 Å². The van der Waals surface area contributed by atoms with E-state index in [0.717, 1.165) is 16.5 Å². The highest BCUT2D eigenvalue weighted by Gasteiger charge is 2.22. The minimum atomic E-state index is -2.02. The van der Waals surface area contributed by atoms with Crippen LogP contribution < -0.4 is 5.32 Å². The van der Waals surface area contributed by atoms with Crippen LogP contribution in [-0.4, -0.2) is 29.5 Å². The van der Waals surface area contributed by atoms with Crippen LogP contribution in [0.4, 0.5) is 0 Å². The molecule has 3 aromatic rings. The summed E-state index contributed by atoms with van der Waals surface area (Å²) >= 11 is 6.09. The van der Waals surface area contributed by atoms with Gasteiger partial charge in [0, 0.05) is 17.4 Å². The van der Waals surface area contributed by atoms with E-state index in [0.29, 0.717) is 10.6 Å². The second kappa shape index (κ2) is 8.38. The van der Waals surface area contributed by atoms with Crippen LogP contribution in [0.25, 0.3) is 11.0 Å². The highest BCUT2D eigenvalue weighted by atomic mass is 35.5. The van der Waals surface area contributed by atoms with Crippen molar-refractivity contribution in [3.63, 3.8) is 0 Å². The molecule has 0 fully saturated rings. The van der Waals surface area contributed by atoms with E-state index in [4.69, 9.17) is 30.7 Å². The smallest absolute Gasteiger partial charge is 0.462 e. The molecule has 0 radical (unpaired) electrons. The van der Waals surface area contributed by atoms with Crippen molar-refractivity contribution in [1.29, 1.82) is 0 Å². The molecule has 1 aromatic heterocycles. The van der Waals surface area contributed by atoms with Gasteiger partial charge >= 0.3 is 7.32 Å². The number of fused-ring (bicyclic) bond motifs is 1. The minimum Gasteiger partial charge on any atom is -0.462 e. The SMILES string of the molecule is O=C(Cc1ccccc1)N[C@@H](Cc1coc2c(Cl)cccc12)OB(O)O. The van der Waals surface area contributed by atoms with Crippen molar-refractivity contribution in [2.45, 2.75) is 19.1 Å². The lowest BCUT2D eigenvalue weighted by Crippen LogP contribution is -2.43. The summed E-state index contributed by atoms with van der Waals surface area (Å²) in [7, 11) is -2.02. The summed E-state index contributed by atoms with van der Waals surface area (Å²) < 4.78 is 10.5. The van der Waals surface area contributed by atoms with E-state index in [1.54, 1.807) is 12.1 Å². The number of para-hydroxylation sites is 1. The Bertz CT molecular complexity index is 884. The summed E-state index contributed by atoms with van der Waals surface area (Å²) in [6.45, 7) is 0. The predicted molar refractivity (Wildman–Crippen MR) is 98.3 cm³/mol. The van der Waals surface area contributed by atoms with Crippen LogP contribution in [0, 0.1) is 0 Å². The average molecular weight is 374 g/mol. The second-order valence-electron chi connectivity index (χ2n) is 5.76. The van der Waals surface area contributed by atoms with E-state index in [-0.39, 0.29) is 18.7 Å². The number of nitrogens with one attached hydrogen (secondary N) is 1. The number of hydrogen-bond donors (Lipinski definition) is 3. The van der Waals surface area contributed by atoms with Crippen molar-refractivity contribution >= 4 is 35.8 Å². The maximum Gasteiger partial charge on any atom is 0.635 e. The lowest BCUT2D eigenvalue weighted by molar-refractivity contribution is -0.123. The molecule has 1 atom stereocenters. The molecule has 26 heavy (non-hydrogen) atoms. The molecule has 134 valence electrons. The molecule has 2 aromatic carbocycles. The second-order valence-corrected chi connectivity index (χ2v) is 6.17. The number of amides is 1. The molecule has 0 saturated carbocycles. The monoisotopic (exact) mass is 373 g/mol. The van der Waals surface area contributed by atoms with Gasteiger partial charge in [0.1, 0.15) is 6.23 Å². The summed E-state index contributed by atoms with van der Waals surface area (Å²) in [6, 6.07) is 14.6. The third-order valence-electron chi connectivity index (χ3n) is 3.85. The third-order valence-corrected chi connectivity index (χ3v) is 4.15. The molecule has 1 amide bonds. The molecule has 3 N–H and O–H groups in total. The van der Waals surface area contributed by atoms with Gasteiger partial charge in [0.2, 0.25) is 5.91 Å². The van der Waals surface area contributed by atoms with E-state index in [1.165, 1.54) is 6.26 Å². The summed E-state index contributed by atoms with van der Waals surface area (Å²) in [5.74, 6) is -0.298. The molecule has 8 heteroatoms. The number of benzene rings is 2. The first-order valence-electron chi connectivity index (χ1n) is 8.02. The molecule has 0 aliphatic rings. The maximum atomic E-state index is 12.3. The fraction of sp³-hybridized carbons (Fsp3) is 0.167. The van der Waals surface area contributed by atoms with Crippen LogP contribution in [0.5, 0.6) is 0 Å². The Morgan fingerprint density at radius 1 is 1.19 bits per heavy atom. The van der Waals surface area contributed by atoms with Gasteiger partial charge in [-0.15, -0.1) is 0 Å². The van der Waals surface area contributed by atoms with E-state index in [1.807, 2.05) is 36.4 Å². The Hall–Kier alpha value is -2.32. The van der Waals surface area contributed by atoms with Gasteiger partial charge in [-0.2, -0.15) is 0 Å². The topological polar surface area (TPSA) is 91.9 Å². The normalized spacial score (nSPS) is 12.1. The number of carbonyl (C=O) groups excluding carboxylic acids is 1. The third kappa shape index (κ3) is 4.65. The number of hydrogen-bond acceptors (Lipinski definition) is 5. The minimum absolute atomic E-state index is 0.153. The van der Waals surface area contributed by atoms with Crippen molar-refractivity contribution in [2.24, 2.45) is 0 Å². The standard InChI is InChI=1S/C18H17BClNO5/c20-15-8-4-7-14-13(11-25-18(14)15)10-17(26-19(23)24)21-16(22)9-12-5-2-1-3-6-12/h1-8,11,17,23-24H,9-10H2,(H,21,22)/t17-/m1/s1. The van der Waals surface area contributed by atoms with Gasteiger partial charge in [-0.05, 0) is 11.6 Å². The zero-order chi connectivity index (χ0) is 18.5. The van der Waals surface area contributed by atoms with Crippen molar-refractivity contribution in [3.05, 3.63) is 70.9 Å². The van der Waals surface area contributed by atoms with Gasteiger partial charge < -0.3 is 24.4 Å². The van der Waals surface area contributed by atoms with Gasteiger partial charge in [-0.25, -0.2) is 0 Å². The van der Waals surface area contributed by atoms with E-state index in [9.17, 15) is 4.79 Å². The Morgan fingerprint density at radius 3 is 2.69 bits per heavy atom. The Labute approximate surface area is 155 Å². The van der Waals surface area contributed by atoms with Crippen LogP contribution in [0.1, 0.15) is 11.1 Å². The number of carbonyl (C=O) groups is 1. The number of furan rings is 1. The first kappa shape index (κ1) is 18.5. The van der Waals surface area contributed by atoms with Crippen molar-refractivity contribution in [1.82, 2.24) is 5.32 Å². The molecule has 3 rings (SSSR count). The molecule has 0 aliphatic carbocycles. The molecule has 0 saturated heterocycles. The molecular formula is C18H17BClNO5. The molecule has 0 aliphatic heterocycles. The first-order valence-corrected chi connectivity index (χ1v) is 8.40. The lowest BCUT2D eigenvalue weighted by atomic mass is 10.1. The summed E-state index contributed by atoms with van der Waals surface area (Å²) in [6.07, 6.45) is 0.914. The molecular weight excluding hydrogens is 356 g/mol. The van der Waals surface area contributed by atoms with Gasteiger partial charge in [0.15, 0.2) is 5.58 Å². The van der Waals surface area contributed by atoms with E-state index >= 15 is 0 Å². The number of halogens is 1. The number of rotatable bonds is 7. The summed E-state index contributed by atoms with van der Waals surface area (Å²) in [5, 5.41) is 22.2. The average Bonchev–Trinajstić information content (AvgIpc) is 2.99. The quantitative estimate of drug-likeness (QED) is 0.436. The fourth-order valence-electron chi connectivity index (χ4n) is 2.72. The molecule has 0 bridgehead atoms. The lowest BCUT2D eigenvalue weighted by Gasteiger charge is -2.19. The van der Waals surface area contributed by atoms with E-state index < -0.39 is 13.5 Å². The Balaban J connectivity index is 1.73. The zero-order valence-corrected chi connectivity index (χ0v) is 14.5. The Morgan fingerprint density at radius 2 is 1.96 bits per heavy atom. The van der Waals surface area contributed by atoms with Crippen LogP contribution >= 0.6 is 11.6 Å². The molecule has 6 nitrogen and oxygen atoms in total. The van der Waals surface area contributed by atoms with Gasteiger partial charge in [0.25, 0.3) is 0 Å². The Kier molecular flexibility index (Phi) is 5.95. The first-order chi connectivity index (χ1) is 12.5. The van der Waals surface area contributed by atoms with Crippen LogP contribution in [0.2, 0.25) is 5.02 Å². The van der Waals surface area contributed by atoms with Crippen molar-refractivity contribution in [2.75, 3.05) is 0 Å². The van der Waals surface area contributed by atoms with Crippen LogP contribution in [-0.2, 0) is 22.3 Å². The summed E-state index contributed by atoms with van der Waals surface area (Å²) in [4.78, 5) is 12.3. The molecule has 0 spiro atoms. The maximum absolute atomic E-state index is 12.3. The highest BCUT2D eigenvalue weighted by Crippen LogP contribution is 2.28.